The Bertz CT molecular complexity index is 753. The van der Waals surface area contributed by atoms with Gasteiger partial charge in [0.2, 0.25) is 5.91 Å². The highest BCUT2D eigenvalue weighted by molar-refractivity contribution is 6.00. The maximum absolute atomic E-state index is 12.6. The summed E-state index contributed by atoms with van der Waals surface area (Å²) in [6, 6.07) is 3.91. The number of ketones is 1. The number of likely N-dealkylation sites (tertiary alicyclic amines) is 1. The second kappa shape index (κ2) is 6.87. The van der Waals surface area contributed by atoms with Crippen LogP contribution in [-0.2, 0) is 4.79 Å². The van der Waals surface area contributed by atoms with Gasteiger partial charge in [-0.15, -0.1) is 0 Å². The van der Waals surface area contributed by atoms with Gasteiger partial charge in [-0.05, 0) is 44.0 Å². The first-order valence-electron chi connectivity index (χ1n) is 8.86. The summed E-state index contributed by atoms with van der Waals surface area (Å²) in [6.45, 7) is 7.19. The van der Waals surface area contributed by atoms with Gasteiger partial charge >= 0.3 is 0 Å². The fourth-order valence-corrected chi connectivity index (χ4v) is 3.52. The van der Waals surface area contributed by atoms with E-state index in [1.54, 1.807) is 12.2 Å². The molecule has 4 nitrogen and oxygen atoms in total. The third-order valence-corrected chi connectivity index (χ3v) is 5.23. The monoisotopic (exact) mass is 339 g/mol. The number of nitrogens with zero attached hydrogens (tertiary/aromatic N) is 1. The van der Waals surface area contributed by atoms with E-state index in [1.807, 2.05) is 50.0 Å². The zero-order valence-electron chi connectivity index (χ0n) is 15.2. The van der Waals surface area contributed by atoms with E-state index in [9.17, 15) is 9.59 Å². The molecule has 0 radical (unpaired) electrons. The van der Waals surface area contributed by atoms with Gasteiger partial charge in [0.25, 0.3) is 0 Å². The Labute approximate surface area is 149 Å². The summed E-state index contributed by atoms with van der Waals surface area (Å²) in [5.74, 6) is 0.867. The summed E-state index contributed by atoms with van der Waals surface area (Å²) in [4.78, 5) is 26.6. The summed E-state index contributed by atoms with van der Waals surface area (Å²) < 4.78 is 6.31. The van der Waals surface area contributed by atoms with E-state index in [0.717, 1.165) is 11.1 Å². The van der Waals surface area contributed by atoms with Crippen molar-refractivity contribution in [1.82, 2.24) is 4.90 Å². The van der Waals surface area contributed by atoms with Crippen molar-refractivity contribution in [2.45, 2.75) is 45.6 Å². The first kappa shape index (κ1) is 17.5. The molecular weight excluding hydrogens is 314 g/mol. The molecule has 4 heteroatoms. The van der Waals surface area contributed by atoms with E-state index in [2.05, 4.69) is 0 Å². The van der Waals surface area contributed by atoms with Gasteiger partial charge in [-0.2, -0.15) is 0 Å². The molecule has 1 aromatic carbocycles. The van der Waals surface area contributed by atoms with Crippen LogP contribution in [0.1, 0.15) is 47.7 Å². The van der Waals surface area contributed by atoms with Crippen LogP contribution >= 0.6 is 0 Å². The predicted molar refractivity (Wildman–Crippen MR) is 98.0 cm³/mol. The molecule has 0 atom stereocenters. The molecule has 2 aliphatic rings. The molecular formula is C21H25NO3. The average molecular weight is 339 g/mol. The molecule has 1 aromatic rings. The number of ether oxygens (including phenoxy) is 1. The summed E-state index contributed by atoms with van der Waals surface area (Å²) in [5.41, 5.74) is 2.47. The standard InChI is InChI=1S/C21H25NO3/c1-4-5-6-7-20(24)22-10-8-21(9-11-22)14-18(23)17-12-15(2)16(3)13-19(17)25-21/h4-7,12-13H,8-11,14H2,1-3H3/b5-4+,7-6+. The van der Waals surface area contributed by atoms with Crippen LogP contribution in [0.3, 0.4) is 0 Å². The van der Waals surface area contributed by atoms with Crippen molar-refractivity contribution < 1.29 is 14.3 Å². The fraction of sp³-hybridized carbons (Fsp3) is 0.429. The Morgan fingerprint density at radius 1 is 1.16 bits per heavy atom. The van der Waals surface area contributed by atoms with Crippen LogP contribution in [0.5, 0.6) is 5.75 Å². The Morgan fingerprint density at radius 2 is 1.84 bits per heavy atom. The lowest BCUT2D eigenvalue weighted by molar-refractivity contribution is -0.129. The molecule has 1 spiro atoms. The van der Waals surface area contributed by atoms with Crippen LogP contribution < -0.4 is 4.74 Å². The number of amides is 1. The van der Waals surface area contributed by atoms with Crippen LogP contribution in [0.25, 0.3) is 0 Å². The molecule has 1 amide bonds. The lowest BCUT2D eigenvalue weighted by Crippen LogP contribution is -2.52. The fourth-order valence-electron chi connectivity index (χ4n) is 3.52. The smallest absolute Gasteiger partial charge is 0.246 e. The van der Waals surface area contributed by atoms with E-state index in [4.69, 9.17) is 4.74 Å². The predicted octanol–water partition coefficient (Wildman–Crippen LogP) is 3.76. The molecule has 3 rings (SSSR count). The van der Waals surface area contributed by atoms with E-state index in [1.165, 1.54) is 0 Å². The molecule has 0 bridgehead atoms. The summed E-state index contributed by atoms with van der Waals surface area (Å²) >= 11 is 0. The normalized spacial score (nSPS) is 19.5. The molecule has 2 aliphatic heterocycles. The number of hydrogen-bond donors (Lipinski definition) is 0. The SMILES string of the molecule is C/C=C/C=C/C(=O)N1CCC2(CC1)CC(=O)c1cc(C)c(C)cc1O2. The molecule has 0 aliphatic carbocycles. The number of hydrogen-bond acceptors (Lipinski definition) is 3. The molecule has 0 aromatic heterocycles. The second-order valence-corrected chi connectivity index (χ2v) is 7.03. The molecule has 0 N–H and O–H groups in total. The minimum Gasteiger partial charge on any atom is -0.486 e. The lowest BCUT2D eigenvalue weighted by Gasteiger charge is -2.44. The second-order valence-electron chi connectivity index (χ2n) is 7.03. The summed E-state index contributed by atoms with van der Waals surface area (Å²) in [6.07, 6.45) is 8.85. The van der Waals surface area contributed by atoms with Crippen LogP contribution in [-0.4, -0.2) is 35.3 Å². The van der Waals surface area contributed by atoms with Crippen LogP contribution in [0.2, 0.25) is 0 Å². The van der Waals surface area contributed by atoms with E-state index in [-0.39, 0.29) is 11.7 Å². The summed E-state index contributed by atoms with van der Waals surface area (Å²) in [5, 5.41) is 0. The molecule has 1 saturated heterocycles. The van der Waals surface area contributed by atoms with Crippen LogP contribution in [0, 0.1) is 13.8 Å². The van der Waals surface area contributed by atoms with Crippen LogP contribution in [0.15, 0.2) is 36.4 Å². The molecule has 25 heavy (non-hydrogen) atoms. The third-order valence-electron chi connectivity index (χ3n) is 5.23. The minimum atomic E-state index is -0.463. The number of piperidine rings is 1. The van der Waals surface area contributed by atoms with Crippen LogP contribution in [0.4, 0.5) is 0 Å². The van der Waals surface area contributed by atoms with Crippen molar-refractivity contribution in [3.05, 3.63) is 53.1 Å². The minimum absolute atomic E-state index is 0.0157. The quantitative estimate of drug-likeness (QED) is 0.609. The first-order valence-corrected chi connectivity index (χ1v) is 8.86. The van der Waals surface area contributed by atoms with E-state index in [0.29, 0.717) is 43.7 Å². The van der Waals surface area contributed by atoms with Crippen molar-refractivity contribution >= 4 is 11.7 Å². The van der Waals surface area contributed by atoms with Crippen molar-refractivity contribution in [3.63, 3.8) is 0 Å². The number of rotatable bonds is 2. The van der Waals surface area contributed by atoms with Gasteiger partial charge < -0.3 is 9.64 Å². The zero-order chi connectivity index (χ0) is 18.0. The topological polar surface area (TPSA) is 46.6 Å². The molecule has 2 heterocycles. The van der Waals surface area contributed by atoms with E-state index >= 15 is 0 Å². The highest BCUT2D eigenvalue weighted by atomic mass is 16.5. The number of aryl methyl sites for hydroxylation is 2. The number of benzene rings is 1. The Kier molecular flexibility index (Phi) is 4.80. The largest absolute Gasteiger partial charge is 0.486 e. The zero-order valence-corrected chi connectivity index (χ0v) is 15.2. The highest BCUT2D eigenvalue weighted by Gasteiger charge is 2.43. The Morgan fingerprint density at radius 3 is 2.52 bits per heavy atom. The lowest BCUT2D eigenvalue weighted by atomic mass is 9.82. The molecule has 132 valence electrons. The van der Waals surface area contributed by atoms with Crippen molar-refractivity contribution in [1.29, 1.82) is 0 Å². The maximum Gasteiger partial charge on any atom is 0.246 e. The maximum atomic E-state index is 12.6. The first-order chi connectivity index (χ1) is 11.9. The number of allylic oxidation sites excluding steroid dienone is 3. The van der Waals surface area contributed by atoms with Gasteiger partial charge in [0.1, 0.15) is 11.4 Å². The van der Waals surface area contributed by atoms with E-state index < -0.39 is 5.60 Å². The van der Waals surface area contributed by atoms with Gasteiger partial charge in [-0.3, -0.25) is 9.59 Å². The number of fused-ring (bicyclic) bond motifs is 1. The number of carbonyl (C=O) groups excluding carboxylic acids is 2. The Hall–Kier alpha value is -2.36. The highest BCUT2D eigenvalue weighted by Crippen LogP contribution is 2.40. The van der Waals surface area contributed by atoms with Crippen molar-refractivity contribution in [2.24, 2.45) is 0 Å². The van der Waals surface area contributed by atoms with Gasteiger partial charge in [0, 0.05) is 32.0 Å². The molecule has 1 fully saturated rings. The van der Waals surface area contributed by atoms with Gasteiger partial charge in [-0.1, -0.05) is 18.2 Å². The molecule has 0 unspecified atom stereocenters. The summed E-state index contributed by atoms with van der Waals surface area (Å²) in [7, 11) is 0. The number of Topliss-reactive ketones (excluding diaryl/α,β-unsaturated/α-hetero) is 1. The van der Waals surface area contributed by atoms with Gasteiger partial charge in [-0.25, -0.2) is 0 Å². The van der Waals surface area contributed by atoms with Crippen molar-refractivity contribution in [3.8, 4) is 5.75 Å². The molecule has 0 saturated carbocycles. The third kappa shape index (κ3) is 3.53. The van der Waals surface area contributed by atoms with Gasteiger partial charge in [0.15, 0.2) is 5.78 Å². The van der Waals surface area contributed by atoms with Crippen molar-refractivity contribution in [2.75, 3.05) is 13.1 Å². The average Bonchev–Trinajstić information content (AvgIpc) is 2.58. The van der Waals surface area contributed by atoms with Gasteiger partial charge in [0.05, 0.1) is 12.0 Å². The number of carbonyl (C=O) groups is 2. The Balaban J connectivity index is 1.72.